The summed E-state index contributed by atoms with van der Waals surface area (Å²) in [6, 6.07) is 14.5. The second-order valence-corrected chi connectivity index (χ2v) is 6.68. The fourth-order valence-corrected chi connectivity index (χ4v) is 4.10. The second-order valence-electron chi connectivity index (χ2n) is 6.68. The third-order valence-corrected chi connectivity index (χ3v) is 5.22. The van der Waals surface area contributed by atoms with Gasteiger partial charge in [0.05, 0.1) is 11.9 Å². The molecule has 1 aliphatic carbocycles. The molecule has 4 rings (SSSR count). The maximum Gasteiger partial charge on any atom is 0.321 e. The molecule has 0 radical (unpaired) electrons. The predicted octanol–water partition coefficient (Wildman–Crippen LogP) is 3.74. The van der Waals surface area contributed by atoms with Gasteiger partial charge in [-0.1, -0.05) is 30.3 Å². The number of hydrogen-bond donors (Lipinski definition) is 1. The number of benzene rings is 1. The first-order chi connectivity index (χ1) is 11.3. The number of anilines is 1. The van der Waals surface area contributed by atoms with Gasteiger partial charge in [-0.25, -0.2) is 4.79 Å². The molecule has 1 N–H and O–H groups in total. The molecule has 4 heteroatoms. The van der Waals surface area contributed by atoms with E-state index in [9.17, 15) is 4.79 Å². The highest BCUT2D eigenvalue weighted by atomic mass is 16.2. The van der Waals surface area contributed by atoms with Gasteiger partial charge in [0.15, 0.2) is 0 Å². The van der Waals surface area contributed by atoms with Crippen LogP contribution in [0, 0.1) is 11.8 Å². The first kappa shape index (κ1) is 14.2. The molecule has 0 spiro atoms. The Balaban J connectivity index is 1.36. The minimum atomic E-state index is 0.00339. The van der Waals surface area contributed by atoms with Gasteiger partial charge in [-0.2, -0.15) is 0 Å². The van der Waals surface area contributed by atoms with Crippen LogP contribution in [0.25, 0.3) is 0 Å². The van der Waals surface area contributed by atoms with Crippen molar-refractivity contribution in [3.63, 3.8) is 0 Å². The summed E-state index contributed by atoms with van der Waals surface area (Å²) in [5.74, 6) is 1.94. The van der Waals surface area contributed by atoms with Gasteiger partial charge in [-0.3, -0.25) is 4.98 Å². The van der Waals surface area contributed by atoms with Crippen molar-refractivity contribution in [2.75, 3.05) is 18.4 Å². The summed E-state index contributed by atoms with van der Waals surface area (Å²) in [5, 5.41) is 2.94. The van der Waals surface area contributed by atoms with Crippen LogP contribution >= 0.6 is 0 Å². The van der Waals surface area contributed by atoms with Crippen LogP contribution in [0.1, 0.15) is 24.3 Å². The summed E-state index contributed by atoms with van der Waals surface area (Å²) in [5.41, 5.74) is 2.21. The minimum Gasteiger partial charge on any atom is -0.324 e. The van der Waals surface area contributed by atoms with Crippen molar-refractivity contribution in [1.82, 2.24) is 9.88 Å². The largest absolute Gasteiger partial charge is 0.324 e. The molecule has 1 aliphatic heterocycles. The Bertz CT molecular complexity index is 660. The van der Waals surface area contributed by atoms with Gasteiger partial charge >= 0.3 is 6.03 Å². The molecule has 1 unspecified atom stereocenters. The molecular weight excluding hydrogens is 286 g/mol. The average molecular weight is 307 g/mol. The van der Waals surface area contributed by atoms with Crippen LogP contribution in [0.3, 0.4) is 0 Å². The normalized spacial score (nSPS) is 26.1. The quantitative estimate of drug-likeness (QED) is 0.918. The number of aromatic nitrogens is 1. The molecule has 1 saturated carbocycles. The van der Waals surface area contributed by atoms with Crippen molar-refractivity contribution in [2.45, 2.75) is 18.8 Å². The summed E-state index contributed by atoms with van der Waals surface area (Å²) in [6.45, 7) is 1.75. The van der Waals surface area contributed by atoms with Crippen LogP contribution < -0.4 is 5.32 Å². The molecular formula is C19H21N3O. The Hall–Kier alpha value is -2.36. The van der Waals surface area contributed by atoms with E-state index in [4.69, 9.17) is 0 Å². The van der Waals surface area contributed by atoms with E-state index >= 15 is 0 Å². The van der Waals surface area contributed by atoms with E-state index in [0.29, 0.717) is 17.8 Å². The van der Waals surface area contributed by atoms with Gasteiger partial charge in [0.2, 0.25) is 0 Å². The zero-order chi connectivity index (χ0) is 15.6. The van der Waals surface area contributed by atoms with E-state index in [-0.39, 0.29) is 6.03 Å². The highest BCUT2D eigenvalue weighted by Crippen LogP contribution is 2.46. The molecule has 2 amide bonds. The van der Waals surface area contributed by atoms with Crippen LogP contribution in [0.4, 0.5) is 10.5 Å². The zero-order valence-corrected chi connectivity index (χ0v) is 13.1. The number of urea groups is 1. The van der Waals surface area contributed by atoms with Crippen LogP contribution in [-0.4, -0.2) is 29.0 Å². The molecule has 1 aromatic carbocycles. The van der Waals surface area contributed by atoms with E-state index in [1.54, 1.807) is 12.4 Å². The molecule has 23 heavy (non-hydrogen) atoms. The number of likely N-dealkylation sites (tertiary alicyclic amines) is 1. The van der Waals surface area contributed by atoms with Gasteiger partial charge in [-0.05, 0) is 48.3 Å². The monoisotopic (exact) mass is 307 g/mol. The molecule has 2 fully saturated rings. The lowest BCUT2D eigenvalue weighted by Gasteiger charge is -2.20. The highest BCUT2D eigenvalue weighted by Gasteiger charge is 2.42. The second kappa shape index (κ2) is 6.03. The van der Waals surface area contributed by atoms with Crippen molar-refractivity contribution in [2.24, 2.45) is 11.8 Å². The van der Waals surface area contributed by atoms with Gasteiger partial charge in [0, 0.05) is 19.3 Å². The maximum atomic E-state index is 12.4. The number of nitrogens with zero attached hydrogens (tertiary/aromatic N) is 2. The minimum absolute atomic E-state index is 0.00339. The molecule has 2 aliphatic rings. The molecule has 3 atom stereocenters. The lowest BCUT2D eigenvalue weighted by molar-refractivity contribution is 0.218. The first-order valence-corrected chi connectivity index (χ1v) is 8.30. The Morgan fingerprint density at radius 1 is 1.04 bits per heavy atom. The smallest absolute Gasteiger partial charge is 0.321 e. The van der Waals surface area contributed by atoms with Crippen molar-refractivity contribution in [3.05, 3.63) is 60.4 Å². The van der Waals surface area contributed by atoms with Crippen molar-refractivity contribution < 1.29 is 4.79 Å². The molecule has 118 valence electrons. The molecule has 2 aromatic rings. The summed E-state index contributed by atoms with van der Waals surface area (Å²) in [4.78, 5) is 18.4. The van der Waals surface area contributed by atoms with Crippen LogP contribution in [0.15, 0.2) is 54.9 Å². The summed E-state index contributed by atoms with van der Waals surface area (Å²) in [6.07, 6.45) is 5.79. The van der Waals surface area contributed by atoms with Gasteiger partial charge in [0.25, 0.3) is 0 Å². The van der Waals surface area contributed by atoms with Gasteiger partial charge in [0.1, 0.15) is 0 Å². The molecule has 4 nitrogen and oxygen atoms in total. The fraction of sp³-hybridized carbons (Fsp3) is 0.368. The standard InChI is InChI=1S/C19H21N3O/c23-19(21-18-7-4-8-20-11-18)22-12-16-9-15(10-17(16)13-22)14-5-2-1-3-6-14/h1-8,11,15-17H,9-10,12-13H2,(H,21,23)/t15?,16-,17+. The Morgan fingerprint density at radius 2 is 1.78 bits per heavy atom. The Labute approximate surface area is 136 Å². The lowest BCUT2D eigenvalue weighted by atomic mass is 9.96. The number of carbonyl (C=O) groups is 1. The fourth-order valence-electron chi connectivity index (χ4n) is 4.10. The lowest BCUT2D eigenvalue weighted by Crippen LogP contribution is -2.33. The van der Waals surface area contributed by atoms with Crippen molar-refractivity contribution in [1.29, 1.82) is 0 Å². The van der Waals surface area contributed by atoms with Gasteiger partial charge < -0.3 is 10.2 Å². The molecule has 1 aromatic heterocycles. The van der Waals surface area contributed by atoms with E-state index < -0.39 is 0 Å². The van der Waals surface area contributed by atoms with Crippen molar-refractivity contribution in [3.8, 4) is 0 Å². The summed E-state index contributed by atoms with van der Waals surface area (Å²) < 4.78 is 0. The van der Waals surface area contributed by atoms with E-state index in [1.807, 2.05) is 17.0 Å². The highest BCUT2D eigenvalue weighted by molar-refractivity contribution is 5.89. The number of nitrogens with one attached hydrogen (secondary N) is 1. The Morgan fingerprint density at radius 3 is 2.43 bits per heavy atom. The SMILES string of the molecule is O=C(Nc1cccnc1)N1C[C@H]2CC(c3ccccc3)C[C@H]2C1. The number of amides is 2. The number of hydrogen-bond acceptors (Lipinski definition) is 2. The number of carbonyl (C=O) groups excluding carboxylic acids is 1. The van der Waals surface area contributed by atoms with Crippen molar-refractivity contribution >= 4 is 11.7 Å². The van der Waals surface area contributed by atoms with E-state index in [2.05, 4.69) is 40.6 Å². The molecule has 0 bridgehead atoms. The van der Waals surface area contributed by atoms with Crippen LogP contribution in [-0.2, 0) is 0 Å². The van der Waals surface area contributed by atoms with E-state index in [1.165, 1.54) is 18.4 Å². The zero-order valence-electron chi connectivity index (χ0n) is 13.1. The van der Waals surface area contributed by atoms with Crippen LogP contribution in [0.2, 0.25) is 0 Å². The number of pyridine rings is 1. The predicted molar refractivity (Wildman–Crippen MR) is 90.2 cm³/mol. The number of fused-ring (bicyclic) bond motifs is 1. The maximum absolute atomic E-state index is 12.4. The van der Waals surface area contributed by atoms with Crippen LogP contribution in [0.5, 0.6) is 0 Å². The number of rotatable bonds is 2. The topological polar surface area (TPSA) is 45.2 Å². The van der Waals surface area contributed by atoms with Gasteiger partial charge in [-0.15, -0.1) is 0 Å². The molecule has 1 saturated heterocycles. The Kier molecular flexibility index (Phi) is 3.74. The summed E-state index contributed by atoms with van der Waals surface area (Å²) in [7, 11) is 0. The third-order valence-electron chi connectivity index (χ3n) is 5.22. The van der Waals surface area contributed by atoms with E-state index in [0.717, 1.165) is 18.8 Å². The first-order valence-electron chi connectivity index (χ1n) is 8.30. The summed E-state index contributed by atoms with van der Waals surface area (Å²) >= 11 is 0. The molecule has 2 heterocycles. The average Bonchev–Trinajstić information content (AvgIpc) is 3.15. The third kappa shape index (κ3) is 2.93.